The number of aromatic nitrogens is 3. The molecule has 0 amide bonds. The van der Waals surface area contributed by atoms with E-state index in [1.54, 1.807) is 0 Å². The van der Waals surface area contributed by atoms with Gasteiger partial charge in [0.15, 0.2) is 5.82 Å². The van der Waals surface area contributed by atoms with Crippen LogP contribution in [-0.2, 0) is 6.42 Å². The van der Waals surface area contributed by atoms with Crippen LogP contribution in [0.25, 0.3) is 0 Å². The highest BCUT2D eigenvalue weighted by molar-refractivity contribution is 5.44. The second kappa shape index (κ2) is 6.47. The average molecular weight is 273 g/mol. The van der Waals surface area contributed by atoms with E-state index in [1.165, 1.54) is 12.1 Å². The van der Waals surface area contributed by atoms with E-state index in [2.05, 4.69) is 37.5 Å². The SMILES string of the molecule is c1cc(N2CCC(NCCc3ncon3)CC2)ccn1. The summed E-state index contributed by atoms with van der Waals surface area (Å²) in [6.45, 7) is 3.08. The molecule has 1 aliphatic heterocycles. The number of anilines is 1. The fourth-order valence-electron chi connectivity index (χ4n) is 2.59. The maximum absolute atomic E-state index is 4.72. The lowest BCUT2D eigenvalue weighted by molar-refractivity contribution is 0.399. The summed E-state index contributed by atoms with van der Waals surface area (Å²) in [5.41, 5.74) is 1.27. The third-order valence-electron chi connectivity index (χ3n) is 3.71. The Morgan fingerprint density at radius 2 is 2.05 bits per heavy atom. The van der Waals surface area contributed by atoms with Crippen molar-refractivity contribution in [1.82, 2.24) is 20.4 Å². The van der Waals surface area contributed by atoms with Crippen molar-refractivity contribution < 1.29 is 4.52 Å². The Bertz CT molecular complexity index is 494. The Balaban J connectivity index is 1.40. The largest absolute Gasteiger partial charge is 0.371 e. The zero-order valence-corrected chi connectivity index (χ0v) is 11.4. The number of pyridine rings is 1. The summed E-state index contributed by atoms with van der Waals surface area (Å²) < 4.78 is 4.72. The van der Waals surface area contributed by atoms with Crippen LogP contribution in [0.3, 0.4) is 0 Å². The summed E-state index contributed by atoms with van der Waals surface area (Å²) in [7, 11) is 0. The van der Waals surface area contributed by atoms with Crippen LogP contribution in [0.2, 0.25) is 0 Å². The molecule has 3 heterocycles. The molecule has 1 N–H and O–H groups in total. The molecule has 1 fully saturated rings. The molecule has 0 bridgehead atoms. The summed E-state index contributed by atoms with van der Waals surface area (Å²) in [4.78, 5) is 10.5. The topological polar surface area (TPSA) is 67.1 Å². The first-order valence-corrected chi connectivity index (χ1v) is 7.05. The highest BCUT2D eigenvalue weighted by atomic mass is 16.5. The maximum atomic E-state index is 4.72. The minimum atomic E-state index is 0.583. The maximum Gasteiger partial charge on any atom is 0.213 e. The molecular weight excluding hydrogens is 254 g/mol. The van der Waals surface area contributed by atoms with Crippen LogP contribution in [-0.4, -0.2) is 40.8 Å². The first-order valence-electron chi connectivity index (χ1n) is 7.05. The van der Waals surface area contributed by atoms with E-state index in [9.17, 15) is 0 Å². The van der Waals surface area contributed by atoms with Gasteiger partial charge in [-0.1, -0.05) is 5.16 Å². The summed E-state index contributed by atoms with van der Waals surface area (Å²) >= 11 is 0. The average Bonchev–Trinajstić information content (AvgIpc) is 3.02. The Hall–Kier alpha value is -1.95. The summed E-state index contributed by atoms with van der Waals surface area (Å²) in [6, 6.07) is 4.73. The number of piperidine rings is 1. The molecule has 20 heavy (non-hydrogen) atoms. The number of rotatable bonds is 5. The summed E-state index contributed by atoms with van der Waals surface area (Å²) in [5.74, 6) is 0.770. The minimum absolute atomic E-state index is 0.583. The molecule has 1 saturated heterocycles. The van der Waals surface area contributed by atoms with Crippen LogP contribution in [0.5, 0.6) is 0 Å². The molecule has 3 rings (SSSR count). The molecule has 0 unspecified atom stereocenters. The smallest absolute Gasteiger partial charge is 0.213 e. The zero-order chi connectivity index (χ0) is 13.6. The second-order valence-electron chi connectivity index (χ2n) is 5.02. The van der Waals surface area contributed by atoms with Gasteiger partial charge in [0.25, 0.3) is 0 Å². The summed E-state index contributed by atoms with van der Waals surface area (Å²) in [5, 5.41) is 7.38. The lowest BCUT2D eigenvalue weighted by Gasteiger charge is -2.34. The number of nitrogens with zero attached hydrogens (tertiary/aromatic N) is 4. The van der Waals surface area contributed by atoms with Crippen molar-refractivity contribution in [1.29, 1.82) is 0 Å². The van der Waals surface area contributed by atoms with E-state index >= 15 is 0 Å². The fourth-order valence-corrected chi connectivity index (χ4v) is 2.59. The Kier molecular flexibility index (Phi) is 4.22. The highest BCUT2D eigenvalue weighted by Crippen LogP contribution is 2.18. The number of hydrogen-bond acceptors (Lipinski definition) is 6. The Morgan fingerprint density at radius 3 is 2.75 bits per heavy atom. The van der Waals surface area contributed by atoms with Crippen LogP contribution in [0, 0.1) is 0 Å². The molecule has 0 saturated carbocycles. The molecule has 2 aromatic heterocycles. The molecular formula is C14H19N5O. The van der Waals surface area contributed by atoms with Crippen LogP contribution >= 0.6 is 0 Å². The highest BCUT2D eigenvalue weighted by Gasteiger charge is 2.18. The van der Waals surface area contributed by atoms with Crippen molar-refractivity contribution in [2.24, 2.45) is 0 Å². The van der Waals surface area contributed by atoms with Crippen LogP contribution < -0.4 is 10.2 Å². The second-order valence-corrected chi connectivity index (χ2v) is 5.02. The predicted molar refractivity (Wildman–Crippen MR) is 75.5 cm³/mol. The zero-order valence-electron chi connectivity index (χ0n) is 11.4. The third-order valence-corrected chi connectivity index (χ3v) is 3.71. The van der Waals surface area contributed by atoms with Gasteiger partial charge in [-0.05, 0) is 25.0 Å². The van der Waals surface area contributed by atoms with E-state index in [0.29, 0.717) is 6.04 Å². The van der Waals surface area contributed by atoms with Gasteiger partial charge >= 0.3 is 0 Å². The molecule has 2 aromatic rings. The minimum Gasteiger partial charge on any atom is -0.371 e. The summed E-state index contributed by atoms with van der Waals surface area (Å²) in [6.07, 6.45) is 8.22. The van der Waals surface area contributed by atoms with Gasteiger partial charge < -0.3 is 14.7 Å². The molecule has 0 spiro atoms. The monoisotopic (exact) mass is 273 g/mol. The lowest BCUT2D eigenvalue weighted by Crippen LogP contribution is -2.43. The van der Waals surface area contributed by atoms with E-state index in [0.717, 1.165) is 44.7 Å². The number of nitrogens with one attached hydrogen (secondary N) is 1. The molecule has 6 heteroatoms. The van der Waals surface area contributed by atoms with Gasteiger partial charge in [0.05, 0.1) is 0 Å². The van der Waals surface area contributed by atoms with Gasteiger partial charge in [0.1, 0.15) is 0 Å². The van der Waals surface area contributed by atoms with Gasteiger partial charge in [-0.15, -0.1) is 0 Å². The fraction of sp³-hybridized carbons (Fsp3) is 0.500. The Morgan fingerprint density at radius 1 is 1.25 bits per heavy atom. The van der Waals surface area contributed by atoms with Gasteiger partial charge in [0, 0.05) is 50.2 Å². The van der Waals surface area contributed by atoms with Crippen molar-refractivity contribution in [2.45, 2.75) is 25.3 Å². The van der Waals surface area contributed by atoms with Crippen molar-refractivity contribution in [3.05, 3.63) is 36.7 Å². The molecule has 106 valence electrons. The molecule has 1 aliphatic rings. The third kappa shape index (κ3) is 3.33. The van der Waals surface area contributed by atoms with Gasteiger partial charge in [-0.25, -0.2) is 0 Å². The Labute approximate surface area is 118 Å². The van der Waals surface area contributed by atoms with E-state index in [-0.39, 0.29) is 0 Å². The number of hydrogen-bond donors (Lipinski definition) is 1. The normalized spacial score (nSPS) is 16.5. The standard InChI is InChI=1S/C14H19N5O/c1-6-15-7-2-13(1)19-9-4-12(5-10-19)16-8-3-14-17-11-20-18-14/h1-2,6-7,11-12,16H,3-5,8-10H2. The van der Waals surface area contributed by atoms with Gasteiger partial charge in [-0.2, -0.15) is 4.98 Å². The molecule has 6 nitrogen and oxygen atoms in total. The van der Waals surface area contributed by atoms with Gasteiger partial charge in [-0.3, -0.25) is 4.98 Å². The van der Waals surface area contributed by atoms with Crippen LogP contribution in [0.15, 0.2) is 35.4 Å². The van der Waals surface area contributed by atoms with Crippen molar-refractivity contribution in [2.75, 3.05) is 24.5 Å². The van der Waals surface area contributed by atoms with E-state index in [4.69, 9.17) is 4.52 Å². The van der Waals surface area contributed by atoms with E-state index < -0.39 is 0 Å². The molecule has 0 radical (unpaired) electrons. The lowest BCUT2D eigenvalue weighted by atomic mass is 10.0. The van der Waals surface area contributed by atoms with Crippen molar-refractivity contribution >= 4 is 5.69 Å². The first kappa shape index (κ1) is 13.1. The first-order chi connectivity index (χ1) is 9.92. The van der Waals surface area contributed by atoms with Crippen LogP contribution in [0.4, 0.5) is 5.69 Å². The van der Waals surface area contributed by atoms with Crippen molar-refractivity contribution in [3.8, 4) is 0 Å². The van der Waals surface area contributed by atoms with Gasteiger partial charge in [0.2, 0.25) is 6.39 Å². The quantitative estimate of drug-likeness (QED) is 0.885. The molecule has 0 aromatic carbocycles. The van der Waals surface area contributed by atoms with Crippen LogP contribution in [0.1, 0.15) is 18.7 Å². The predicted octanol–water partition coefficient (Wildman–Crippen LogP) is 1.27. The molecule has 0 aliphatic carbocycles. The molecule has 0 atom stereocenters. The van der Waals surface area contributed by atoms with Crippen molar-refractivity contribution in [3.63, 3.8) is 0 Å². The van der Waals surface area contributed by atoms with E-state index in [1.807, 2.05) is 12.4 Å².